The minimum absolute atomic E-state index is 0.0405. The third kappa shape index (κ3) is 6.93. The second-order valence-electron chi connectivity index (χ2n) is 10.0. The van der Waals surface area contributed by atoms with Crippen molar-refractivity contribution in [2.75, 3.05) is 0 Å². The predicted octanol–water partition coefficient (Wildman–Crippen LogP) is 7.73. The summed E-state index contributed by atoms with van der Waals surface area (Å²) in [6.45, 7) is 6.46. The summed E-state index contributed by atoms with van der Waals surface area (Å²) in [5, 5.41) is 10.6. The zero-order valence-corrected chi connectivity index (χ0v) is 23.5. The molecule has 1 amide bonds. The Hall–Kier alpha value is -3.95. The van der Waals surface area contributed by atoms with Gasteiger partial charge in [-0.05, 0) is 53.1 Å². The first-order chi connectivity index (χ1) is 18.9. The van der Waals surface area contributed by atoms with Crippen LogP contribution in [0.15, 0.2) is 78.9 Å². The van der Waals surface area contributed by atoms with Gasteiger partial charge >= 0.3 is 5.97 Å². The number of amides is 1. The van der Waals surface area contributed by atoms with Crippen LogP contribution in [0.4, 0.5) is 0 Å². The first-order valence-electron chi connectivity index (χ1n) is 13.4. The maximum absolute atomic E-state index is 13.4. The molecule has 5 nitrogen and oxygen atoms in total. The van der Waals surface area contributed by atoms with E-state index in [9.17, 15) is 14.9 Å². The van der Waals surface area contributed by atoms with E-state index in [0.717, 1.165) is 44.5 Å². The molecular weight excluding hydrogens is 504 g/mol. The summed E-state index contributed by atoms with van der Waals surface area (Å²) in [5.74, 6) is -0.537. The van der Waals surface area contributed by atoms with Crippen LogP contribution in [0, 0.1) is 17.2 Å². The van der Waals surface area contributed by atoms with E-state index in [2.05, 4.69) is 31.2 Å². The summed E-state index contributed by atoms with van der Waals surface area (Å²) in [5.41, 5.74) is 3.42. The number of hydrogen-bond donors (Lipinski definition) is 0. The Kier molecular flexibility index (Phi) is 9.51. The lowest BCUT2D eigenvalue weighted by Crippen LogP contribution is -2.48. The van der Waals surface area contributed by atoms with Crippen LogP contribution in [0.25, 0.3) is 20.5 Å². The standard InChI is InChI=1S/C33H34N2O3S/c1-4-5-15-31(36)35(32(23(2)3)33(37)38-22-24-11-7-6-8-12-24)21-25-16-17-29-27(18-25)19-30(39-29)28-14-10-9-13-26(28)20-34/h6-14,16-19,23,32H,4-5,15,21-22H2,1-3H3/t32-/m0/s1. The highest BCUT2D eigenvalue weighted by atomic mass is 32.1. The molecule has 0 fully saturated rings. The van der Waals surface area contributed by atoms with Crippen LogP contribution in [-0.2, 0) is 27.5 Å². The number of hydrogen-bond acceptors (Lipinski definition) is 5. The average Bonchev–Trinajstić information content (AvgIpc) is 3.38. The van der Waals surface area contributed by atoms with Crippen LogP contribution in [0.2, 0.25) is 0 Å². The van der Waals surface area contributed by atoms with Gasteiger partial charge in [0.2, 0.25) is 5.91 Å². The maximum atomic E-state index is 13.4. The van der Waals surface area contributed by atoms with Crippen LogP contribution in [0.1, 0.15) is 56.7 Å². The van der Waals surface area contributed by atoms with Gasteiger partial charge in [-0.1, -0.05) is 81.8 Å². The van der Waals surface area contributed by atoms with Gasteiger partial charge in [0.15, 0.2) is 0 Å². The van der Waals surface area contributed by atoms with Crippen molar-refractivity contribution in [1.29, 1.82) is 5.26 Å². The molecule has 0 radical (unpaired) electrons. The number of nitrogens with zero attached hydrogens (tertiary/aromatic N) is 2. The van der Waals surface area contributed by atoms with E-state index >= 15 is 0 Å². The Balaban J connectivity index is 1.61. The van der Waals surface area contributed by atoms with Crippen molar-refractivity contribution < 1.29 is 14.3 Å². The molecular formula is C33H34N2O3S. The zero-order chi connectivity index (χ0) is 27.8. The van der Waals surface area contributed by atoms with Gasteiger partial charge in [-0.15, -0.1) is 11.3 Å². The zero-order valence-electron chi connectivity index (χ0n) is 22.7. The molecule has 0 saturated carbocycles. The number of carbonyl (C=O) groups is 2. The Morgan fingerprint density at radius 3 is 2.44 bits per heavy atom. The molecule has 0 aliphatic rings. The molecule has 6 heteroatoms. The lowest BCUT2D eigenvalue weighted by Gasteiger charge is -2.33. The SMILES string of the molecule is CCCCC(=O)N(Cc1ccc2sc(-c3ccccc3C#N)cc2c1)[C@H](C(=O)OCc1ccccc1)C(C)C. The van der Waals surface area contributed by atoms with Gasteiger partial charge in [0.05, 0.1) is 11.6 Å². The van der Waals surface area contributed by atoms with E-state index in [1.54, 1.807) is 16.2 Å². The largest absolute Gasteiger partial charge is 0.459 e. The summed E-state index contributed by atoms with van der Waals surface area (Å²) < 4.78 is 6.82. The third-order valence-corrected chi connectivity index (χ3v) is 7.89. The molecule has 1 aromatic heterocycles. The fraction of sp³-hybridized carbons (Fsp3) is 0.303. The predicted molar refractivity (Wildman–Crippen MR) is 157 cm³/mol. The monoisotopic (exact) mass is 538 g/mol. The van der Waals surface area contributed by atoms with E-state index in [0.29, 0.717) is 18.5 Å². The molecule has 200 valence electrons. The van der Waals surface area contributed by atoms with Gasteiger partial charge in [0.1, 0.15) is 12.6 Å². The molecule has 0 unspecified atom stereocenters. The lowest BCUT2D eigenvalue weighted by molar-refractivity contribution is -0.159. The summed E-state index contributed by atoms with van der Waals surface area (Å²) in [6, 6.07) is 27.0. The molecule has 0 spiro atoms. The summed E-state index contributed by atoms with van der Waals surface area (Å²) in [4.78, 5) is 29.5. The molecule has 0 aliphatic carbocycles. The number of unbranched alkanes of at least 4 members (excludes halogenated alkanes) is 1. The van der Waals surface area contributed by atoms with Crippen molar-refractivity contribution in [3.63, 3.8) is 0 Å². The van der Waals surface area contributed by atoms with Gasteiger partial charge in [-0.2, -0.15) is 5.26 Å². The van der Waals surface area contributed by atoms with Gasteiger partial charge in [-0.25, -0.2) is 4.79 Å². The Labute approximate surface area is 234 Å². The number of rotatable bonds is 11. The molecule has 3 aromatic carbocycles. The highest BCUT2D eigenvalue weighted by Gasteiger charge is 2.33. The molecule has 4 rings (SSSR count). The van der Waals surface area contributed by atoms with Crippen LogP contribution in [-0.4, -0.2) is 22.8 Å². The maximum Gasteiger partial charge on any atom is 0.329 e. The molecule has 1 atom stereocenters. The van der Waals surface area contributed by atoms with Crippen molar-refractivity contribution in [3.8, 4) is 16.5 Å². The Morgan fingerprint density at radius 2 is 1.72 bits per heavy atom. The smallest absolute Gasteiger partial charge is 0.329 e. The first-order valence-corrected chi connectivity index (χ1v) is 14.2. The van der Waals surface area contributed by atoms with E-state index < -0.39 is 6.04 Å². The second-order valence-corrected chi connectivity index (χ2v) is 11.1. The van der Waals surface area contributed by atoms with E-state index in [-0.39, 0.29) is 24.4 Å². The van der Waals surface area contributed by atoms with E-state index in [1.165, 1.54) is 0 Å². The Morgan fingerprint density at radius 1 is 0.974 bits per heavy atom. The highest BCUT2D eigenvalue weighted by molar-refractivity contribution is 7.22. The molecule has 0 N–H and O–H groups in total. The first kappa shape index (κ1) is 28.1. The molecule has 1 heterocycles. The quantitative estimate of drug-likeness (QED) is 0.183. The topological polar surface area (TPSA) is 70.4 Å². The fourth-order valence-electron chi connectivity index (χ4n) is 4.70. The molecule has 0 bridgehead atoms. The summed E-state index contributed by atoms with van der Waals surface area (Å²) in [7, 11) is 0. The van der Waals surface area contributed by atoms with Crippen LogP contribution in [0.3, 0.4) is 0 Å². The highest BCUT2D eigenvalue weighted by Crippen LogP contribution is 2.36. The third-order valence-electron chi connectivity index (χ3n) is 6.74. The molecule has 0 aliphatic heterocycles. The van der Waals surface area contributed by atoms with Crippen LogP contribution < -0.4 is 0 Å². The average molecular weight is 539 g/mol. The van der Waals surface area contributed by atoms with Crippen molar-refractivity contribution in [2.45, 2.75) is 59.2 Å². The lowest BCUT2D eigenvalue weighted by atomic mass is 10.00. The second kappa shape index (κ2) is 13.2. The summed E-state index contributed by atoms with van der Waals surface area (Å²) >= 11 is 1.64. The Bertz CT molecular complexity index is 1470. The number of benzene rings is 3. The van der Waals surface area contributed by atoms with Crippen LogP contribution in [0.5, 0.6) is 0 Å². The van der Waals surface area contributed by atoms with Crippen LogP contribution >= 0.6 is 11.3 Å². The van der Waals surface area contributed by atoms with Gasteiger partial charge < -0.3 is 9.64 Å². The number of thiophene rings is 1. The van der Waals surface area contributed by atoms with E-state index in [4.69, 9.17) is 4.74 Å². The minimum atomic E-state index is -0.686. The number of ether oxygens (including phenoxy) is 1. The number of esters is 1. The molecule has 0 saturated heterocycles. The minimum Gasteiger partial charge on any atom is -0.459 e. The summed E-state index contributed by atoms with van der Waals surface area (Å²) in [6.07, 6.45) is 2.06. The van der Waals surface area contributed by atoms with Gasteiger partial charge in [-0.3, -0.25) is 4.79 Å². The van der Waals surface area contributed by atoms with E-state index in [1.807, 2.05) is 74.5 Å². The normalized spacial score (nSPS) is 11.8. The van der Waals surface area contributed by atoms with Gasteiger partial charge in [0.25, 0.3) is 0 Å². The molecule has 39 heavy (non-hydrogen) atoms. The van der Waals surface area contributed by atoms with Crippen molar-refractivity contribution in [1.82, 2.24) is 4.90 Å². The van der Waals surface area contributed by atoms with Crippen molar-refractivity contribution in [2.24, 2.45) is 5.92 Å². The molecule has 4 aromatic rings. The number of nitriles is 1. The van der Waals surface area contributed by atoms with Crippen molar-refractivity contribution >= 4 is 33.3 Å². The van der Waals surface area contributed by atoms with Crippen molar-refractivity contribution in [3.05, 3.63) is 95.6 Å². The number of fused-ring (bicyclic) bond motifs is 1. The number of carbonyl (C=O) groups excluding carboxylic acids is 2. The fourth-order valence-corrected chi connectivity index (χ4v) is 5.79. The van der Waals surface area contributed by atoms with Gasteiger partial charge in [0, 0.05) is 28.1 Å².